The van der Waals surface area contributed by atoms with E-state index in [-0.39, 0.29) is 0 Å². The lowest BCUT2D eigenvalue weighted by atomic mass is 9.95. The van der Waals surface area contributed by atoms with Gasteiger partial charge in [-0.2, -0.15) is 0 Å². The Bertz CT molecular complexity index is 288. The lowest BCUT2D eigenvalue weighted by Gasteiger charge is -2.37. The largest absolute Gasteiger partial charge is 0.417 e. The van der Waals surface area contributed by atoms with Crippen LogP contribution in [0.1, 0.15) is 33.6 Å². The van der Waals surface area contributed by atoms with E-state index >= 15 is 0 Å². The van der Waals surface area contributed by atoms with Gasteiger partial charge in [0.2, 0.25) is 0 Å². The van der Waals surface area contributed by atoms with Gasteiger partial charge in [0.25, 0.3) is 0 Å². The van der Waals surface area contributed by atoms with Crippen LogP contribution in [-0.2, 0) is 4.43 Å². The molecule has 3 atom stereocenters. The molecule has 2 rings (SSSR count). The molecule has 0 spiro atoms. The Morgan fingerprint density at radius 2 is 1.88 bits per heavy atom. The van der Waals surface area contributed by atoms with E-state index in [1.165, 1.54) is 12.8 Å². The molecule has 0 aromatic rings. The molecule has 0 radical (unpaired) electrons. The van der Waals surface area contributed by atoms with Gasteiger partial charge in [-0.3, -0.25) is 0 Å². The van der Waals surface area contributed by atoms with Crippen molar-refractivity contribution in [3.05, 3.63) is 12.2 Å². The summed E-state index contributed by atoms with van der Waals surface area (Å²) in [6, 6.07) is 0. The van der Waals surface area contributed by atoms with Crippen LogP contribution in [-0.4, -0.2) is 14.9 Å². The Hall–Kier alpha value is -0.0831. The molecule has 0 aliphatic heterocycles. The molecule has 2 bridgehead atoms. The van der Waals surface area contributed by atoms with E-state index < -0.39 is 8.32 Å². The van der Waals surface area contributed by atoms with Gasteiger partial charge in [0.15, 0.2) is 8.32 Å². The van der Waals surface area contributed by atoms with E-state index in [1.807, 2.05) is 0 Å². The van der Waals surface area contributed by atoms with Gasteiger partial charge in [-0.15, -0.1) is 0 Å². The van der Waals surface area contributed by atoms with E-state index in [4.69, 9.17) is 4.43 Å². The summed E-state index contributed by atoms with van der Waals surface area (Å²) in [5.74, 6) is 2.51. The summed E-state index contributed by atoms with van der Waals surface area (Å²) < 4.78 is 6.34. The molecule has 1 nitrogen and oxygen atoms in total. The van der Waals surface area contributed by atoms with Crippen molar-refractivity contribution in [1.82, 2.24) is 0 Å². The first-order valence-electron chi connectivity index (χ1n) is 6.62. The van der Waals surface area contributed by atoms with Gasteiger partial charge in [0.1, 0.15) is 0 Å². The second-order valence-corrected chi connectivity index (χ2v) is 11.9. The van der Waals surface area contributed by atoms with Crippen molar-refractivity contribution in [3.63, 3.8) is 0 Å². The van der Waals surface area contributed by atoms with Crippen molar-refractivity contribution < 1.29 is 4.43 Å². The molecule has 2 aliphatic carbocycles. The number of rotatable bonds is 3. The summed E-state index contributed by atoms with van der Waals surface area (Å²) in [7, 11) is -1.52. The van der Waals surface area contributed by atoms with Crippen molar-refractivity contribution in [2.45, 2.75) is 51.7 Å². The minimum absolute atomic E-state index is 0.348. The van der Waals surface area contributed by atoms with E-state index in [1.54, 1.807) is 0 Å². The van der Waals surface area contributed by atoms with Crippen molar-refractivity contribution in [3.8, 4) is 0 Å². The molecule has 16 heavy (non-hydrogen) atoms. The molecule has 0 aromatic heterocycles. The standard InChI is InChI=1S/C14H26OSi/c1-14(2,3)16(4,5)15-10-13-9-11-6-7-12(13)8-11/h6-7,11-13H,8-10H2,1-5H3. The van der Waals surface area contributed by atoms with Crippen LogP contribution >= 0.6 is 0 Å². The van der Waals surface area contributed by atoms with Crippen LogP contribution in [0.25, 0.3) is 0 Å². The predicted molar refractivity (Wildman–Crippen MR) is 72.0 cm³/mol. The fraction of sp³-hybridized carbons (Fsp3) is 0.857. The Morgan fingerprint density at radius 3 is 2.31 bits per heavy atom. The Morgan fingerprint density at radius 1 is 1.19 bits per heavy atom. The smallest absolute Gasteiger partial charge is 0.191 e. The van der Waals surface area contributed by atoms with E-state index in [9.17, 15) is 0 Å². The maximum absolute atomic E-state index is 6.34. The Labute approximate surface area is 101 Å². The average molecular weight is 238 g/mol. The number of hydrogen-bond acceptors (Lipinski definition) is 1. The van der Waals surface area contributed by atoms with Crippen LogP contribution in [0.3, 0.4) is 0 Å². The molecule has 0 amide bonds. The highest BCUT2D eigenvalue weighted by Crippen LogP contribution is 2.44. The zero-order valence-electron chi connectivity index (χ0n) is 11.4. The third kappa shape index (κ3) is 2.28. The summed E-state index contributed by atoms with van der Waals surface area (Å²) in [6.07, 6.45) is 7.60. The summed E-state index contributed by atoms with van der Waals surface area (Å²) in [5.41, 5.74) is 0. The zero-order valence-corrected chi connectivity index (χ0v) is 12.4. The molecule has 0 saturated heterocycles. The summed E-state index contributed by atoms with van der Waals surface area (Å²) in [6.45, 7) is 12.7. The first-order chi connectivity index (χ1) is 7.29. The molecule has 0 heterocycles. The quantitative estimate of drug-likeness (QED) is 0.528. The number of fused-ring (bicyclic) bond motifs is 2. The molecule has 1 fully saturated rings. The molecule has 2 aliphatic rings. The molecular formula is C14H26OSi. The number of hydrogen-bond donors (Lipinski definition) is 0. The average Bonchev–Trinajstić information content (AvgIpc) is 2.73. The van der Waals surface area contributed by atoms with Crippen LogP contribution in [0.2, 0.25) is 18.1 Å². The van der Waals surface area contributed by atoms with Gasteiger partial charge in [0, 0.05) is 6.61 Å². The molecule has 0 N–H and O–H groups in total. The summed E-state index contributed by atoms with van der Waals surface area (Å²) in [4.78, 5) is 0. The van der Waals surface area contributed by atoms with Crippen LogP contribution in [0.4, 0.5) is 0 Å². The molecule has 0 aromatic carbocycles. The van der Waals surface area contributed by atoms with Gasteiger partial charge < -0.3 is 4.43 Å². The Kier molecular flexibility index (Phi) is 3.08. The van der Waals surface area contributed by atoms with Crippen molar-refractivity contribution in [2.24, 2.45) is 17.8 Å². The highest BCUT2D eigenvalue weighted by atomic mass is 28.4. The molecule has 92 valence electrons. The van der Waals surface area contributed by atoms with Crippen molar-refractivity contribution in [1.29, 1.82) is 0 Å². The first kappa shape index (κ1) is 12.4. The SMILES string of the molecule is CC(C)(C)[Si](C)(C)OCC1CC2C=CC1C2. The van der Waals surface area contributed by atoms with E-state index in [0.29, 0.717) is 5.04 Å². The monoisotopic (exact) mass is 238 g/mol. The fourth-order valence-electron chi connectivity index (χ4n) is 2.62. The van der Waals surface area contributed by atoms with Crippen molar-refractivity contribution in [2.75, 3.05) is 6.61 Å². The first-order valence-corrected chi connectivity index (χ1v) is 9.53. The lowest BCUT2D eigenvalue weighted by molar-refractivity contribution is 0.209. The third-order valence-corrected chi connectivity index (χ3v) is 9.38. The van der Waals surface area contributed by atoms with Gasteiger partial charge >= 0.3 is 0 Å². The van der Waals surface area contributed by atoms with Crippen LogP contribution in [0, 0.1) is 17.8 Å². The van der Waals surface area contributed by atoms with Gasteiger partial charge in [0.05, 0.1) is 0 Å². The minimum atomic E-state index is -1.52. The maximum atomic E-state index is 6.34. The van der Waals surface area contributed by atoms with Crippen LogP contribution < -0.4 is 0 Å². The summed E-state index contributed by atoms with van der Waals surface area (Å²) in [5, 5.41) is 0.348. The van der Waals surface area contributed by atoms with Gasteiger partial charge in [-0.05, 0) is 48.7 Å². The topological polar surface area (TPSA) is 9.23 Å². The fourth-order valence-corrected chi connectivity index (χ4v) is 3.68. The summed E-state index contributed by atoms with van der Waals surface area (Å²) >= 11 is 0. The van der Waals surface area contributed by atoms with Crippen LogP contribution in [0.15, 0.2) is 12.2 Å². The zero-order chi connectivity index (χ0) is 12.0. The number of allylic oxidation sites excluding steroid dienone is 2. The molecular weight excluding hydrogens is 212 g/mol. The third-order valence-electron chi connectivity index (χ3n) is 4.88. The second kappa shape index (κ2) is 3.99. The van der Waals surface area contributed by atoms with E-state index in [0.717, 1.165) is 24.4 Å². The van der Waals surface area contributed by atoms with Gasteiger partial charge in [-0.1, -0.05) is 32.9 Å². The highest BCUT2D eigenvalue weighted by Gasteiger charge is 2.40. The van der Waals surface area contributed by atoms with Crippen molar-refractivity contribution >= 4 is 8.32 Å². The Balaban J connectivity index is 1.86. The molecule has 1 saturated carbocycles. The van der Waals surface area contributed by atoms with Crippen LogP contribution in [0.5, 0.6) is 0 Å². The molecule has 3 unspecified atom stereocenters. The highest BCUT2D eigenvalue weighted by molar-refractivity contribution is 6.74. The predicted octanol–water partition coefficient (Wildman–Crippen LogP) is 4.22. The second-order valence-electron chi connectivity index (χ2n) is 7.11. The minimum Gasteiger partial charge on any atom is -0.417 e. The maximum Gasteiger partial charge on any atom is 0.191 e. The normalized spacial score (nSPS) is 33.7. The lowest BCUT2D eigenvalue weighted by Crippen LogP contribution is -2.42. The van der Waals surface area contributed by atoms with Gasteiger partial charge in [-0.25, -0.2) is 0 Å². The molecule has 2 heteroatoms. The van der Waals surface area contributed by atoms with E-state index in [2.05, 4.69) is 46.0 Å².